The summed E-state index contributed by atoms with van der Waals surface area (Å²) in [4.78, 5) is 11.6. The Morgan fingerprint density at radius 3 is 3.18 bits per heavy atom. The predicted octanol–water partition coefficient (Wildman–Crippen LogP) is 0.654. The van der Waals surface area contributed by atoms with Crippen molar-refractivity contribution >= 4 is 17.2 Å². The Hall–Kier alpha value is -1.76. The number of hydrogen-bond acceptors (Lipinski definition) is 5. The summed E-state index contributed by atoms with van der Waals surface area (Å²) in [6, 6.07) is 2.07. The second-order valence-electron chi connectivity index (χ2n) is 3.77. The molecule has 1 atom stereocenters. The lowest BCUT2D eigenvalue weighted by Gasteiger charge is -2.10. The Bertz CT molecular complexity index is 453. The van der Waals surface area contributed by atoms with E-state index >= 15 is 0 Å². The van der Waals surface area contributed by atoms with Gasteiger partial charge in [-0.25, -0.2) is 4.68 Å². The number of rotatable bonds is 5. The molecule has 7 heteroatoms. The molecule has 0 aliphatic carbocycles. The lowest BCUT2D eigenvalue weighted by molar-refractivity contribution is -0.121. The van der Waals surface area contributed by atoms with Crippen LogP contribution in [0.15, 0.2) is 23.2 Å². The van der Waals surface area contributed by atoms with E-state index in [-0.39, 0.29) is 12.5 Å². The third-order valence-electron chi connectivity index (χ3n) is 2.41. The van der Waals surface area contributed by atoms with Crippen LogP contribution in [0.4, 0.5) is 0 Å². The second kappa shape index (κ2) is 5.53. The van der Waals surface area contributed by atoms with Crippen LogP contribution in [-0.4, -0.2) is 32.7 Å². The highest BCUT2D eigenvalue weighted by Crippen LogP contribution is 2.16. The van der Waals surface area contributed by atoms with Crippen LogP contribution in [-0.2, 0) is 11.3 Å². The molecule has 1 amide bonds. The molecule has 1 unspecified atom stereocenters. The lowest BCUT2D eigenvalue weighted by atomic mass is 10.1. The zero-order chi connectivity index (χ0) is 12.1. The minimum Gasteiger partial charge on any atom is -0.354 e. The summed E-state index contributed by atoms with van der Waals surface area (Å²) in [6.07, 6.45) is 1.42. The summed E-state index contributed by atoms with van der Waals surface area (Å²) < 4.78 is 1.39. The highest BCUT2D eigenvalue weighted by Gasteiger charge is 2.08. The van der Waals surface area contributed by atoms with Gasteiger partial charge in [0, 0.05) is 6.54 Å². The molecule has 0 radical (unpaired) electrons. The first kappa shape index (κ1) is 11.7. The molecule has 0 aromatic carbocycles. The van der Waals surface area contributed by atoms with Crippen LogP contribution in [0.25, 0.3) is 0 Å². The molecule has 2 aromatic heterocycles. The molecule has 1 N–H and O–H groups in total. The van der Waals surface area contributed by atoms with Crippen molar-refractivity contribution in [3.05, 3.63) is 28.7 Å². The molecule has 2 heterocycles. The second-order valence-corrected chi connectivity index (χ2v) is 4.55. The highest BCUT2D eigenvalue weighted by atomic mass is 32.1. The molecule has 0 saturated heterocycles. The van der Waals surface area contributed by atoms with Crippen LogP contribution in [0.5, 0.6) is 0 Å². The number of nitrogens with one attached hydrogen (secondary N) is 1. The summed E-state index contributed by atoms with van der Waals surface area (Å²) in [5.74, 6) is 0.235. The number of carbonyl (C=O) groups excluding carboxylic acids is 1. The van der Waals surface area contributed by atoms with Crippen LogP contribution in [0.2, 0.25) is 0 Å². The molecule has 0 aliphatic rings. The number of tetrazole rings is 1. The Balaban J connectivity index is 1.76. The molecule has 2 aromatic rings. The summed E-state index contributed by atoms with van der Waals surface area (Å²) in [5, 5.41) is 17.5. The number of carbonyl (C=O) groups is 1. The van der Waals surface area contributed by atoms with Crippen molar-refractivity contribution in [3.8, 4) is 0 Å². The zero-order valence-corrected chi connectivity index (χ0v) is 10.2. The van der Waals surface area contributed by atoms with E-state index in [1.54, 1.807) is 11.3 Å². The van der Waals surface area contributed by atoms with Gasteiger partial charge in [-0.3, -0.25) is 4.79 Å². The minimum absolute atomic E-state index is 0.0839. The first-order valence-corrected chi connectivity index (χ1v) is 6.19. The van der Waals surface area contributed by atoms with E-state index < -0.39 is 0 Å². The number of amides is 1. The van der Waals surface area contributed by atoms with Crippen LogP contribution in [0.1, 0.15) is 18.4 Å². The molecular formula is C10H13N5OS. The first-order valence-electron chi connectivity index (χ1n) is 5.25. The van der Waals surface area contributed by atoms with Gasteiger partial charge in [-0.1, -0.05) is 6.92 Å². The number of thiophene rings is 1. The number of aromatic nitrogens is 4. The highest BCUT2D eigenvalue weighted by molar-refractivity contribution is 7.07. The van der Waals surface area contributed by atoms with Crippen molar-refractivity contribution in [2.75, 3.05) is 6.54 Å². The number of nitrogens with zero attached hydrogens (tertiary/aromatic N) is 4. The van der Waals surface area contributed by atoms with E-state index in [0.717, 1.165) is 0 Å². The maximum atomic E-state index is 11.6. The van der Waals surface area contributed by atoms with Crippen molar-refractivity contribution in [2.45, 2.75) is 19.4 Å². The predicted molar refractivity (Wildman–Crippen MR) is 63.6 cm³/mol. The molecular weight excluding hydrogens is 238 g/mol. The van der Waals surface area contributed by atoms with Gasteiger partial charge in [0.25, 0.3) is 0 Å². The van der Waals surface area contributed by atoms with Crippen molar-refractivity contribution in [2.24, 2.45) is 0 Å². The van der Waals surface area contributed by atoms with Gasteiger partial charge in [-0.15, -0.1) is 5.10 Å². The normalized spacial score (nSPS) is 12.3. The molecule has 17 heavy (non-hydrogen) atoms. The van der Waals surface area contributed by atoms with E-state index in [4.69, 9.17) is 0 Å². The van der Waals surface area contributed by atoms with Gasteiger partial charge < -0.3 is 5.32 Å². The summed E-state index contributed by atoms with van der Waals surface area (Å²) in [7, 11) is 0. The molecule has 2 rings (SSSR count). The number of hydrogen-bond donors (Lipinski definition) is 1. The Morgan fingerprint density at radius 2 is 2.53 bits per heavy atom. The van der Waals surface area contributed by atoms with Gasteiger partial charge >= 0.3 is 0 Å². The standard InChI is InChI=1S/C10H13N5OS/c1-8(9-2-3-17-6-9)4-11-10(16)5-15-7-12-13-14-15/h2-3,6-8H,4-5H2,1H3,(H,11,16). The molecule has 0 fully saturated rings. The summed E-state index contributed by atoms with van der Waals surface area (Å²) in [5.41, 5.74) is 1.25. The molecule has 90 valence electrons. The smallest absolute Gasteiger partial charge is 0.241 e. The maximum absolute atomic E-state index is 11.6. The largest absolute Gasteiger partial charge is 0.354 e. The van der Waals surface area contributed by atoms with Gasteiger partial charge in [0.05, 0.1) is 0 Å². The fourth-order valence-electron chi connectivity index (χ4n) is 1.40. The van der Waals surface area contributed by atoms with Crippen molar-refractivity contribution < 1.29 is 4.79 Å². The molecule has 6 nitrogen and oxygen atoms in total. The van der Waals surface area contributed by atoms with E-state index in [1.165, 1.54) is 16.6 Å². The van der Waals surface area contributed by atoms with Crippen molar-refractivity contribution in [3.63, 3.8) is 0 Å². The van der Waals surface area contributed by atoms with Crippen LogP contribution < -0.4 is 5.32 Å². The van der Waals surface area contributed by atoms with Gasteiger partial charge in [0.1, 0.15) is 12.9 Å². The molecule has 0 bridgehead atoms. The zero-order valence-electron chi connectivity index (χ0n) is 9.41. The van der Waals surface area contributed by atoms with E-state index in [2.05, 4.69) is 39.2 Å². The minimum atomic E-state index is -0.0839. The SMILES string of the molecule is CC(CNC(=O)Cn1cnnn1)c1ccsc1. The van der Waals surface area contributed by atoms with Gasteiger partial charge in [0.15, 0.2) is 0 Å². The van der Waals surface area contributed by atoms with Crippen LogP contribution in [0.3, 0.4) is 0 Å². The van der Waals surface area contributed by atoms with E-state index in [1.807, 2.05) is 5.38 Å². The van der Waals surface area contributed by atoms with Crippen LogP contribution in [0, 0.1) is 0 Å². The third-order valence-corrected chi connectivity index (χ3v) is 3.12. The topological polar surface area (TPSA) is 72.7 Å². The third kappa shape index (κ3) is 3.35. The maximum Gasteiger partial charge on any atom is 0.241 e. The lowest BCUT2D eigenvalue weighted by Crippen LogP contribution is -2.30. The molecule has 0 spiro atoms. The Labute approximate surface area is 103 Å². The molecule has 0 aliphatic heterocycles. The van der Waals surface area contributed by atoms with E-state index in [9.17, 15) is 4.79 Å². The summed E-state index contributed by atoms with van der Waals surface area (Å²) >= 11 is 1.66. The Morgan fingerprint density at radius 1 is 1.65 bits per heavy atom. The van der Waals surface area contributed by atoms with Gasteiger partial charge in [-0.2, -0.15) is 11.3 Å². The Kier molecular flexibility index (Phi) is 3.81. The van der Waals surface area contributed by atoms with Gasteiger partial charge in [0.2, 0.25) is 5.91 Å². The fourth-order valence-corrected chi connectivity index (χ4v) is 2.18. The summed E-state index contributed by atoms with van der Waals surface area (Å²) in [6.45, 7) is 2.86. The van der Waals surface area contributed by atoms with Crippen molar-refractivity contribution in [1.29, 1.82) is 0 Å². The average molecular weight is 251 g/mol. The monoisotopic (exact) mass is 251 g/mol. The molecule has 0 saturated carbocycles. The van der Waals surface area contributed by atoms with Crippen molar-refractivity contribution in [1.82, 2.24) is 25.5 Å². The fraction of sp³-hybridized carbons (Fsp3) is 0.400. The van der Waals surface area contributed by atoms with E-state index in [0.29, 0.717) is 12.5 Å². The first-order chi connectivity index (χ1) is 8.25. The van der Waals surface area contributed by atoms with Gasteiger partial charge in [-0.05, 0) is 38.7 Å². The quantitative estimate of drug-likeness (QED) is 0.847. The van der Waals surface area contributed by atoms with Crippen LogP contribution >= 0.6 is 11.3 Å². The average Bonchev–Trinajstić information content (AvgIpc) is 2.97.